The SMILES string of the molecule is COCCN1CC(CNC(=O)NCc2ccc(OC(F)(F)F)cc2)OCC1=O. The van der Waals surface area contributed by atoms with E-state index in [1.807, 2.05) is 0 Å². The van der Waals surface area contributed by atoms with Gasteiger partial charge in [-0.25, -0.2) is 4.79 Å². The molecule has 0 aromatic heterocycles. The van der Waals surface area contributed by atoms with Gasteiger partial charge in [-0.3, -0.25) is 4.79 Å². The molecule has 0 bridgehead atoms. The fraction of sp³-hybridized carbons (Fsp3) is 0.529. The minimum absolute atomic E-state index is 0.0516. The molecule has 0 spiro atoms. The second kappa shape index (κ2) is 10.1. The minimum Gasteiger partial charge on any atom is -0.406 e. The van der Waals surface area contributed by atoms with Gasteiger partial charge in [-0.2, -0.15) is 0 Å². The lowest BCUT2D eigenvalue weighted by molar-refractivity contribution is -0.274. The number of rotatable bonds is 8. The molecule has 11 heteroatoms. The molecule has 0 radical (unpaired) electrons. The fourth-order valence-corrected chi connectivity index (χ4v) is 2.48. The predicted octanol–water partition coefficient (Wildman–Crippen LogP) is 1.26. The van der Waals surface area contributed by atoms with Crippen LogP contribution in [0.4, 0.5) is 18.0 Å². The van der Waals surface area contributed by atoms with Gasteiger partial charge in [0, 0.05) is 33.3 Å². The second-order valence-corrected chi connectivity index (χ2v) is 6.02. The Hall–Kier alpha value is -2.53. The molecule has 1 aliphatic rings. The molecular weight excluding hydrogens is 383 g/mol. The third-order valence-corrected chi connectivity index (χ3v) is 3.88. The van der Waals surface area contributed by atoms with Crippen molar-refractivity contribution in [1.29, 1.82) is 0 Å². The number of alkyl halides is 3. The Bertz CT molecular complexity index is 654. The van der Waals surface area contributed by atoms with Crippen molar-refractivity contribution in [2.75, 3.05) is 40.0 Å². The summed E-state index contributed by atoms with van der Waals surface area (Å²) in [6.07, 6.45) is -5.08. The van der Waals surface area contributed by atoms with Gasteiger partial charge in [-0.15, -0.1) is 13.2 Å². The van der Waals surface area contributed by atoms with E-state index in [1.54, 1.807) is 12.0 Å². The molecule has 156 valence electrons. The van der Waals surface area contributed by atoms with Gasteiger partial charge < -0.3 is 29.7 Å². The monoisotopic (exact) mass is 405 g/mol. The third kappa shape index (κ3) is 7.61. The van der Waals surface area contributed by atoms with E-state index in [0.717, 1.165) is 0 Å². The molecule has 28 heavy (non-hydrogen) atoms. The number of carbonyl (C=O) groups excluding carboxylic acids is 2. The number of methoxy groups -OCH3 is 1. The number of halogens is 3. The predicted molar refractivity (Wildman–Crippen MR) is 91.6 cm³/mol. The van der Waals surface area contributed by atoms with Crippen LogP contribution in [-0.2, 0) is 20.8 Å². The fourth-order valence-electron chi connectivity index (χ4n) is 2.48. The topological polar surface area (TPSA) is 89.1 Å². The molecule has 1 aromatic rings. The van der Waals surface area contributed by atoms with Crippen LogP contribution in [0.25, 0.3) is 0 Å². The number of carbonyl (C=O) groups is 2. The van der Waals surface area contributed by atoms with Crippen molar-refractivity contribution in [2.45, 2.75) is 19.0 Å². The number of morpholine rings is 1. The lowest BCUT2D eigenvalue weighted by atomic mass is 10.2. The van der Waals surface area contributed by atoms with Gasteiger partial charge in [0.25, 0.3) is 0 Å². The molecular formula is C17H22F3N3O5. The van der Waals surface area contributed by atoms with Crippen LogP contribution >= 0.6 is 0 Å². The molecule has 1 aromatic carbocycles. The van der Waals surface area contributed by atoms with Crippen molar-refractivity contribution in [1.82, 2.24) is 15.5 Å². The van der Waals surface area contributed by atoms with E-state index in [4.69, 9.17) is 9.47 Å². The number of urea groups is 1. The van der Waals surface area contributed by atoms with E-state index in [-0.39, 0.29) is 37.5 Å². The normalized spacial score (nSPS) is 17.4. The number of ether oxygens (including phenoxy) is 3. The van der Waals surface area contributed by atoms with Crippen LogP contribution in [0.5, 0.6) is 5.75 Å². The standard InChI is InChI=1S/C17H22F3N3O5/c1-26-7-6-23-10-14(27-11-15(23)24)9-22-16(25)21-8-12-2-4-13(5-3-12)28-17(18,19)20/h2-5,14H,6-11H2,1H3,(H2,21,22,25). The number of amides is 3. The van der Waals surface area contributed by atoms with E-state index in [1.165, 1.54) is 24.3 Å². The van der Waals surface area contributed by atoms with Gasteiger partial charge in [0.05, 0.1) is 12.7 Å². The number of nitrogens with zero attached hydrogens (tertiary/aromatic N) is 1. The molecule has 1 saturated heterocycles. The highest BCUT2D eigenvalue weighted by molar-refractivity contribution is 5.78. The molecule has 0 saturated carbocycles. The van der Waals surface area contributed by atoms with E-state index < -0.39 is 12.4 Å². The van der Waals surface area contributed by atoms with Gasteiger partial charge in [-0.1, -0.05) is 12.1 Å². The molecule has 2 N–H and O–H groups in total. The second-order valence-electron chi connectivity index (χ2n) is 6.02. The van der Waals surface area contributed by atoms with Crippen LogP contribution in [-0.4, -0.2) is 69.3 Å². The van der Waals surface area contributed by atoms with E-state index in [2.05, 4.69) is 15.4 Å². The number of hydrogen-bond acceptors (Lipinski definition) is 5. The molecule has 1 unspecified atom stereocenters. The van der Waals surface area contributed by atoms with Crippen LogP contribution in [0.15, 0.2) is 24.3 Å². The van der Waals surface area contributed by atoms with Crippen LogP contribution in [0.1, 0.15) is 5.56 Å². The van der Waals surface area contributed by atoms with Crippen molar-refractivity contribution in [3.05, 3.63) is 29.8 Å². The first-order valence-corrected chi connectivity index (χ1v) is 8.51. The van der Waals surface area contributed by atoms with Crippen molar-refractivity contribution in [2.24, 2.45) is 0 Å². The van der Waals surface area contributed by atoms with Gasteiger partial charge >= 0.3 is 12.4 Å². The summed E-state index contributed by atoms with van der Waals surface area (Å²) in [6.45, 7) is 1.50. The highest BCUT2D eigenvalue weighted by Crippen LogP contribution is 2.22. The summed E-state index contributed by atoms with van der Waals surface area (Å²) in [5.41, 5.74) is 0.606. The van der Waals surface area contributed by atoms with Crippen LogP contribution in [0.3, 0.4) is 0 Å². The first-order chi connectivity index (χ1) is 13.3. The Balaban J connectivity index is 1.70. The maximum absolute atomic E-state index is 12.1. The smallest absolute Gasteiger partial charge is 0.406 e. The van der Waals surface area contributed by atoms with Crippen molar-refractivity contribution in [3.8, 4) is 5.75 Å². The van der Waals surface area contributed by atoms with Crippen molar-refractivity contribution in [3.63, 3.8) is 0 Å². The Labute approximate surface area is 159 Å². The molecule has 1 heterocycles. The van der Waals surface area contributed by atoms with Crippen molar-refractivity contribution >= 4 is 11.9 Å². The lowest BCUT2D eigenvalue weighted by Crippen LogP contribution is -2.52. The average molecular weight is 405 g/mol. The molecule has 1 fully saturated rings. The number of nitrogens with one attached hydrogen (secondary N) is 2. The molecule has 2 rings (SSSR count). The molecule has 1 atom stereocenters. The highest BCUT2D eigenvalue weighted by Gasteiger charge is 2.31. The minimum atomic E-state index is -4.75. The van der Waals surface area contributed by atoms with E-state index in [9.17, 15) is 22.8 Å². The summed E-state index contributed by atoms with van der Waals surface area (Å²) in [4.78, 5) is 25.2. The summed E-state index contributed by atoms with van der Waals surface area (Å²) in [5, 5.41) is 5.23. The summed E-state index contributed by atoms with van der Waals surface area (Å²) < 4.78 is 50.5. The van der Waals surface area contributed by atoms with Gasteiger partial charge in [0.2, 0.25) is 5.91 Å². The molecule has 1 aliphatic heterocycles. The number of hydrogen-bond donors (Lipinski definition) is 2. The molecule has 3 amide bonds. The van der Waals surface area contributed by atoms with Gasteiger partial charge in [0.15, 0.2) is 0 Å². The summed E-state index contributed by atoms with van der Waals surface area (Å²) >= 11 is 0. The average Bonchev–Trinajstić information content (AvgIpc) is 2.64. The molecule has 0 aliphatic carbocycles. The summed E-state index contributed by atoms with van der Waals surface area (Å²) in [6, 6.07) is 4.73. The Morgan fingerprint density at radius 2 is 2.00 bits per heavy atom. The molecule has 8 nitrogen and oxygen atoms in total. The van der Waals surface area contributed by atoms with Gasteiger partial charge in [-0.05, 0) is 17.7 Å². The zero-order valence-electron chi connectivity index (χ0n) is 15.3. The first-order valence-electron chi connectivity index (χ1n) is 8.51. The Kier molecular flexibility index (Phi) is 7.88. The van der Waals surface area contributed by atoms with Crippen LogP contribution in [0.2, 0.25) is 0 Å². The zero-order valence-corrected chi connectivity index (χ0v) is 15.3. The number of benzene rings is 1. The summed E-state index contributed by atoms with van der Waals surface area (Å²) in [7, 11) is 1.55. The highest BCUT2D eigenvalue weighted by atomic mass is 19.4. The quantitative estimate of drug-likeness (QED) is 0.680. The van der Waals surface area contributed by atoms with E-state index in [0.29, 0.717) is 25.3 Å². The lowest BCUT2D eigenvalue weighted by Gasteiger charge is -2.32. The van der Waals surface area contributed by atoms with E-state index >= 15 is 0 Å². The maximum atomic E-state index is 12.1. The first kappa shape index (κ1) is 21.8. The Morgan fingerprint density at radius 3 is 2.64 bits per heavy atom. The van der Waals surface area contributed by atoms with Crippen LogP contribution in [0, 0.1) is 0 Å². The Morgan fingerprint density at radius 1 is 1.29 bits per heavy atom. The largest absolute Gasteiger partial charge is 0.573 e. The summed E-state index contributed by atoms with van der Waals surface area (Å²) in [5.74, 6) is -0.460. The van der Waals surface area contributed by atoms with Gasteiger partial charge in [0.1, 0.15) is 12.4 Å². The van der Waals surface area contributed by atoms with Crippen molar-refractivity contribution < 1.29 is 37.0 Å². The maximum Gasteiger partial charge on any atom is 0.573 e. The zero-order chi connectivity index (χ0) is 20.6. The third-order valence-electron chi connectivity index (χ3n) is 3.88. The van der Waals surface area contributed by atoms with Crippen LogP contribution < -0.4 is 15.4 Å².